The molecule has 0 radical (unpaired) electrons. The lowest BCUT2D eigenvalue weighted by Gasteiger charge is -2.11. The van der Waals surface area contributed by atoms with Gasteiger partial charge in [0.2, 0.25) is 0 Å². The van der Waals surface area contributed by atoms with E-state index in [0.717, 1.165) is 16.2 Å². The molecular weight excluding hydrogens is 220 g/mol. The largest absolute Gasteiger partial charge is 0.496 e. The van der Waals surface area contributed by atoms with Crippen LogP contribution in [0.2, 0.25) is 0 Å². The maximum Gasteiger partial charge on any atom is 0.122 e. The first-order valence-corrected chi connectivity index (χ1v) is 6.02. The van der Waals surface area contributed by atoms with Gasteiger partial charge in [-0.2, -0.15) is 0 Å². The first-order chi connectivity index (χ1) is 7.81. The van der Waals surface area contributed by atoms with Crippen LogP contribution in [-0.2, 0) is 6.42 Å². The third-order valence-corrected chi connectivity index (χ3v) is 3.45. The molecule has 84 valence electrons. The molecule has 1 N–H and O–H groups in total. The molecule has 0 fully saturated rings. The van der Waals surface area contributed by atoms with Crippen molar-refractivity contribution in [2.24, 2.45) is 0 Å². The molecule has 0 bridgehead atoms. The number of methoxy groups -OCH3 is 1. The van der Waals surface area contributed by atoms with Crippen LogP contribution < -0.4 is 4.74 Å². The van der Waals surface area contributed by atoms with E-state index in [4.69, 9.17) is 4.74 Å². The zero-order chi connectivity index (χ0) is 11.4. The molecule has 1 atom stereocenters. The molecule has 0 aliphatic carbocycles. The fourth-order valence-corrected chi connectivity index (χ4v) is 2.37. The maximum absolute atomic E-state index is 10.0. The van der Waals surface area contributed by atoms with Crippen molar-refractivity contribution in [3.63, 3.8) is 0 Å². The van der Waals surface area contributed by atoms with Crippen molar-refractivity contribution in [3.05, 3.63) is 52.2 Å². The molecule has 1 heterocycles. The third kappa shape index (κ3) is 2.43. The second kappa shape index (κ2) is 5.14. The molecular formula is C13H14O2S. The highest BCUT2D eigenvalue weighted by atomic mass is 32.1. The van der Waals surface area contributed by atoms with Gasteiger partial charge in [0.1, 0.15) is 5.75 Å². The van der Waals surface area contributed by atoms with Crippen LogP contribution in [-0.4, -0.2) is 12.2 Å². The molecule has 2 nitrogen and oxygen atoms in total. The summed E-state index contributed by atoms with van der Waals surface area (Å²) in [5.41, 5.74) is 1.03. The van der Waals surface area contributed by atoms with E-state index >= 15 is 0 Å². The Bertz CT molecular complexity index is 437. The number of thiophene rings is 1. The smallest absolute Gasteiger partial charge is 0.122 e. The summed E-state index contributed by atoms with van der Waals surface area (Å²) in [5.74, 6) is 0.832. The molecule has 2 aromatic rings. The van der Waals surface area contributed by atoms with E-state index in [1.54, 1.807) is 18.4 Å². The van der Waals surface area contributed by atoms with Crippen LogP contribution in [0.3, 0.4) is 0 Å². The van der Waals surface area contributed by atoms with Crippen LogP contribution in [0.25, 0.3) is 0 Å². The van der Waals surface area contributed by atoms with Crippen LogP contribution in [0, 0.1) is 0 Å². The highest BCUT2D eigenvalue weighted by Gasteiger charge is 2.12. The second-order valence-electron chi connectivity index (χ2n) is 3.55. The van der Waals surface area contributed by atoms with E-state index < -0.39 is 6.10 Å². The van der Waals surface area contributed by atoms with Gasteiger partial charge in [-0.1, -0.05) is 24.3 Å². The van der Waals surface area contributed by atoms with Crippen molar-refractivity contribution in [3.8, 4) is 5.75 Å². The molecule has 1 unspecified atom stereocenters. The number of benzene rings is 1. The number of hydrogen-bond donors (Lipinski definition) is 1. The number of aliphatic hydroxyl groups excluding tert-OH is 1. The van der Waals surface area contributed by atoms with E-state index in [1.807, 2.05) is 41.8 Å². The summed E-state index contributed by atoms with van der Waals surface area (Å²) >= 11 is 1.57. The lowest BCUT2D eigenvalue weighted by Crippen LogP contribution is -2.01. The van der Waals surface area contributed by atoms with Crippen LogP contribution in [0.15, 0.2) is 41.8 Å². The monoisotopic (exact) mass is 234 g/mol. The molecule has 16 heavy (non-hydrogen) atoms. The molecule has 0 saturated heterocycles. The number of rotatable bonds is 4. The van der Waals surface area contributed by atoms with E-state index in [1.165, 1.54) is 0 Å². The summed E-state index contributed by atoms with van der Waals surface area (Å²) in [5, 5.41) is 12.0. The van der Waals surface area contributed by atoms with Crippen molar-refractivity contribution < 1.29 is 9.84 Å². The standard InChI is InChI=1S/C13H14O2S/c1-15-12-6-3-2-5-10(12)9-11(14)13-7-4-8-16-13/h2-8,11,14H,9H2,1H3. The number of para-hydroxylation sites is 1. The van der Waals surface area contributed by atoms with E-state index in [9.17, 15) is 5.11 Å². The van der Waals surface area contributed by atoms with Crippen molar-refractivity contribution in [2.75, 3.05) is 7.11 Å². The lowest BCUT2D eigenvalue weighted by atomic mass is 10.1. The normalized spacial score (nSPS) is 12.4. The minimum Gasteiger partial charge on any atom is -0.496 e. The van der Waals surface area contributed by atoms with Crippen LogP contribution in [0.1, 0.15) is 16.5 Å². The average Bonchev–Trinajstić information content (AvgIpc) is 2.83. The first-order valence-electron chi connectivity index (χ1n) is 5.14. The molecule has 1 aromatic carbocycles. The Morgan fingerprint density at radius 3 is 2.75 bits per heavy atom. The molecule has 0 amide bonds. The van der Waals surface area contributed by atoms with Gasteiger partial charge in [-0.25, -0.2) is 0 Å². The van der Waals surface area contributed by atoms with E-state index in [-0.39, 0.29) is 0 Å². The Labute approximate surface area is 99.1 Å². The Hall–Kier alpha value is -1.32. The first kappa shape index (κ1) is 11.2. The third-order valence-electron chi connectivity index (χ3n) is 2.48. The van der Waals surface area contributed by atoms with Crippen molar-refractivity contribution in [1.29, 1.82) is 0 Å². The summed E-state index contributed by atoms with van der Waals surface area (Å²) in [6.07, 6.45) is 0.140. The van der Waals surface area contributed by atoms with E-state index in [0.29, 0.717) is 6.42 Å². The van der Waals surface area contributed by atoms with Crippen LogP contribution in [0.5, 0.6) is 5.75 Å². The summed E-state index contributed by atoms with van der Waals surface area (Å²) in [6.45, 7) is 0. The summed E-state index contributed by atoms with van der Waals surface area (Å²) in [7, 11) is 1.65. The van der Waals surface area contributed by atoms with Crippen molar-refractivity contribution in [2.45, 2.75) is 12.5 Å². The molecule has 0 spiro atoms. The zero-order valence-corrected chi connectivity index (χ0v) is 9.91. The summed E-state index contributed by atoms with van der Waals surface area (Å²) < 4.78 is 5.26. The van der Waals surface area contributed by atoms with Crippen LogP contribution in [0.4, 0.5) is 0 Å². The fourth-order valence-electron chi connectivity index (χ4n) is 1.66. The Balaban J connectivity index is 2.14. The summed E-state index contributed by atoms with van der Waals surface area (Å²) in [6, 6.07) is 11.7. The Morgan fingerprint density at radius 1 is 1.25 bits per heavy atom. The van der Waals surface area contributed by atoms with Gasteiger partial charge in [0.25, 0.3) is 0 Å². The molecule has 3 heteroatoms. The van der Waals surface area contributed by atoms with Gasteiger partial charge in [-0.15, -0.1) is 11.3 Å². The predicted molar refractivity (Wildman–Crippen MR) is 66.0 cm³/mol. The predicted octanol–water partition coefficient (Wildman–Crippen LogP) is 3.03. The van der Waals surface area contributed by atoms with Gasteiger partial charge >= 0.3 is 0 Å². The lowest BCUT2D eigenvalue weighted by molar-refractivity contribution is 0.181. The second-order valence-corrected chi connectivity index (χ2v) is 4.53. The molecule has 0 aliphatic rings. The SMILES string of the molecule is COc1ccccc1CC(O)c1cccs1. The molecule has 1 aromatic heterocycles. The molecule has 0 aliphatic heterocycles. The summed E-state index contributed by atoms with van der Waals surface area (Å²) in [4.78, 5) is 0.992. The van der Waals surface area contributed by atoms with Crippen LogP contribution >= 0.6 is 11.3 Å². The zero-order valence-electron chi connectivity index (χ0n) is 9.09. The minimum absolute atomic E-state index is 0.448. The fraction of sp³-hybridized carbons (Fsp3) is 0.231. The van der Waals surface area contributed by atoms with Crippen molar-refractivity contribution in [1.82, 2.24) is 0 Å². The van der Waals surface area contributed by atoms with E-state index in [2.05, 4.69) is 0 Å². The van der Waals surface area contributed by atoms with Gasteiger partial charge in [0.15, 0.2) is 0 Å². The number of hydrogen-bond acceptors (Lipinski definition) is 3. The highest BCUT2D eigenvalue weighted by molar-refractivity contribution is 7.10. The minimum atomic E-state index is -0.448. The Morgan fingerprint density at radius 2 is 2.06 bits per heavy atom. The van der Waals surface area contributed by atoms with Gasteiger partial charge in [-0.05, 0) is 23.1 Å². The van der Waals surface area contributed by atoms with Gasteiger partial charge in [-0.3, -0.25) is 0 Å². The number of aliphatic hydroxyl groups is 1. The molecule has 2 rings (SSSR count). The van der Waals surface area contributed by atoms with Gasteiger partial charge < -0.3 is 9.84 Å². The number of ether oxygens (including phenoxy) is 1. The van der Waals surface area contributed by atoms with Gasteiger partial charge in [0.05, 0.1) is 13.2 Å². The Kier molecular flexibility index (Phi) is 3.59. The van der Waals surface area contributed by atoms with Crippen molar-refractivity contribution >= 4 is 11.3 Å². The highest BCUT2D eigenvalue weighted by Crippen LogP contribution is 2.26. The average molecular weight is 234 g/mol. The topological polar surface area (TPSA) is 29.5 Å². The quantitative estimate of drug-likeness (QED) is 0.881. The molecule has 0 saturated carbocycles. The maximum atomic E-state index is 10.0. The van der Waals surface area contributed by atoms with Gasteiger partial charge in [0, 0.05) is 11.3 Å².